The van der Waals surface area contributed by atoms with Crippen molar-refractivity contribution in [3.63, 3.8) is 0 Å². The molecule has 0 aliphatic carbocycles. The maximum absolute atomic E-state index is 12.5. The van der Waals surface area contributed by atoms with E-state index in [1.165, 1.54) is 6.20 Å². The van der Waals surface area contributed by atoms with Crippen LogP contribution in [0.4, 0.5) is 0 Å². The Bertz CT molecular complexity index is 548. The Morgan fingerprint density at radius 3 is 3.00 bits per heavy atom. The molecule has 1 aromatic heterocycles. The molecule has 0 radical (unpaired) electrons. The highest BCUT2D eigenvalue weighted by Crippen LogP contribution is 2.19. The first kappa shape index (κ1) is 15.5. The largest absolute Gasteiger partial charge is 0.395 e. The molecule has 0 spiro atoms. The number of aliphatic hydroxyl groups is 2. The molecule has 0 bridgehead atoms. The van der Waals surface area contributed by atoms with E-state index in [0.29, 0.717) is 24.1 Å². The summed E-state index contributed by atoms with van der Waals surface area (Å²) in [6, 6.07) is 1.61. The standard InChI is InChI=1S/C16H20N2O3/c19-8-4-2-5-13-9-14(11-17-10-13)16(21)18-7-3-1-6-15(18)12-20/h9-11,15,19-20H,1,3-4,6-8,12H2. The molecule has 0 saturated carbocycles. The van der Waals surface area contributed by atoms with E-state index in [-0.39, 0.29) is 25.2 Å². The highest BCUT2D eigenvalue weighted by atomic mass is 16.3. The summed E-state index contributed by atoms with van der Waals surface area (Å²) in [6.45, 7) is 0.685. The summed E-state index contributed by atoms with van der Waals surface area (Å²) in [7, 11) is 0. The molecule has 1 unspecified atom stereocenters. The summed E-state index contributed by atoms with van der Waals surface area (Å²) in [5, 5.41) is 18.1. The van der Waals surface area contributed by atoms with Gasteiger partial charge in [0.1, 0.15) is 0 Å². The minimum atomic E-state index is -0.105. The van der Waals surface area contributed by atoms with Gasteiger partial charge in [-0.15, -0.1) is 0 Å². The zero-order valence-corrected chi connectivity index (χ0v) is 12.0. The zero-order chi connectivity index (χ0) is 15.1. The first-order chi connectivity index (χ1) is 10.3. The van der Waals surface area contributed by atoms with Crippen molar-refractivity contribution in [2.45, 2.75) is 31.7 Å². The molecule has 112 valence electrons. The van der Waals surface area contributed by atoms with Gasteiger partial charge in [0.15, 0.2) is 0 Å². The highest BCUT2D eigenvalue weighted by Gasteiger charge is 2.27. The number of piperidine rings is 1. The minimum absolute atomic E-state index is 0.00480. The van der Waals surface area contributed by atoms with Crippen molar-refractivity contribution in [3.8, 4) is 11.8 Å². The third-order valence-corrected chi connectivity index (χ3v) is 3.55. The van der Waals surface area contributed by atoms with Gasteiger partial charge in [-0.1, -0.05) is 11.8 Å². The number of nitrogens with zero attached hydrogens (tertiary/aromatic N) is 2. The van der Waals surface area contributed by atoms with Gasteiger partial charge >= 0.3 is 0 Å². The molecule has 1 aliphatic heterocycles. The van der Waals surface area contributed by atoms with Crippen LogP contribution in [-0.2, 0) is 0 Å². The van der Waals surface area contributed by atoms with E-state index in [4.69, 9.17) is 5.11 Å². The number of carbonyl (C=O) groups is 1. The van der Waals surface area contributed by atoms with Crippen LogP contribution in [0, 0.1) is 11.8 Å². The van der Waals surface area contributed by atoms with E-state index in [2.05, 4.69) is 16.8 Å². The van der Waals surface area contributed by atoms with Gasteiger partial charge in [-0.3, -0.25) is 9.78 Å². The van der Waals surface area contributed by atoms with Crippen LogP contribution in [0.5, 0.6) is 0 Å². The van der Waals surface area contributed by atoms with E-state index < -0.39 is 0 Å². The molecule has 5 heteroatoms. The smallest absolute Gasteiger partial charge is 0.255 e. The van der Waals surface area contributed by atoms with Crippen LogP contribution in [0.25, 0.3) is 0 Å². The van der Waals surface area contributed by atoms with Crippen molar-refractivity contribution in [3.05, 3.63) is 29.6 Å². The molecule has 5 nitrogen and oxygen atoms in total. The molecule has 1 aliphatic rings. The Morgan fingerprint density at radius 2 is 2.24 bits per heavy atom. The molecule has 1 aromatic rings. The minimum Gasteiger partial charge on any atom is -0.395 e. The molecular formula is C16H20N2O3. The Hall–Kier alpha value is -1.90. The van der Waals surface area contributed by atoms with Gasteiger partial charge in [0.25, 0.3) is 5.91 Å². The SMILES string of the molecule is O=C(c1cncc(C#CCCO)c1)N1CCCCC1CO. The van der Waals surface area contributed by atoms with E-state index in [9.17, 15) is 9.90 Å². The van der Waals surface area contributed by atoms with Crippen LogP contribution < -0.4 is 0 Å². The molecule has 1 saturated heterocycles. The second-order valence-electron chi connectivity index (χ2n) is 5.07. The number of aliphatic hydroxyl groups excluding tert-OH is 2. The maximum atomic E-state index is 12.5. The van der Waals surface area contributed by atoms with Crippen LogP contribution in [0.2, 0.25) is 0 Å². The fourth-order valence-corrected chi connectivity index (χ4v) is 2.47. The first-order valence-corrected chi connectivity index (χ1v) is 7.23. The fourth-order valence-electron chi connectivity index (χ4n) is 2.47. The summed E-state index contributed by atoms with van der Waals surface area (Å²) in [6.07, 6.45) is 6.37. The number of aromatic nitrogens is 1. The second-order valence-corrected chi connectivity index (χ2v) is 5.07. The molecule has 2 N–H and O–H groups in total. The van der Waals surface area contributed by atoms with Gasteiger partial charge in [-0.05, 0) is 25.3 Å². The second kappa shape index (κ2) is 7.77. The number of hydrogen-bond donors (Lipinski definition) is 2. The third kappa shape index (κ3) is 4.03. The normalized spacial score (nSPS) is 18.0. The van der Waals surface area contributed by atoms with Crippen molar-refractivity contribution < 1.29 is 15.0 Å². The van der Waals surface area contributed by atoms with Gasteiger partial charge in [0.05, 0.1) is 24.8 Å². The molecule has 1 amide bonds. The molecule has 1 fully saturated rings. The summed E-state index contributed by atoms with van der Waals surface area (Å²) in [5.41, 5.74) is 1.15. The Kier molecular flexibility index (Phi) is 5.73. The average Bonchev–Trinajstić information content (AvgIpc) is 2.54. The summed E-state index contributed by atoms with van der Waals surface area (Å²) >= 11 is 0. The van der Waals surface area contributed by atoms with Crippen LogP contribution in [0.3, 0.4) is 0 Å². The van der Waals surface area contributed by atoms with Crippen molar-refractivity contribution in [2.24, 2.45) is 0 Å². The quantitative estimate of drug-likeness (QED) is 0.807. The van der Waals surface area contributed by atoms with E-state index in [1.54, 1.807) is 17.2 Å². The lowest BCUT2D eigenvalue weighted by atomic mass is 10.0. The lowest BCUT2D eigenvalue weighted by molar-refractivity contribution is 0.0502. The molecule has 2 heterocycles. The summed E-state index contributed by atoms with van der Waals surface area (Å²) < 4.78 is 0. The first-order valence-electron chi connectivity index (χ1n) is 7.23. The van der Waals surface area contributed by atoms with E-state index in [1.807, 2.05) is 0 Å². The van der Waals surface area contributed by atoms with E-state index >= 15 is 0 Å². The maximum Gasteiger partial charge on any atom is 0.255 e. The van der Waals surface area contributed by atoms with Crippen molar-refractivity contribution in [2.75, 3.05) is 19.8 Å². The van der Waals surface area contributed by atoms with Crippen LogP contribution in [0.15, 0.2) is 18.5 Å². The van der Waals surface area contributed by atoms with Gasteiger partial charge in [0.2, 0.25) is 0 Å². The van der Waals surface area contributed by atoms with Crippen molar-refractivity contribution >= 4 is 5.91 Å². The summed E-state index contributed by atoms with van der Waals surface area (Å²) in [5.74, 6) is 5.58. The third-order valence-electron chi connectivity index (χ3n) is 3.55. The van der Waals surface area contributed by atoms with Gasteiger partial charge < -0.3 is 15.1 Å². The number of carbonyl (C=O) groups excluding carboxylic acids is 1. The predicted octanol–water partition coefficient (Wildman–Crippen LogP) is 0.802. The number of rotatable bonds is 3. The number of likely N-dealkylation sites (tertiary alicyclic amines) is 1. The van der Waals surface area contributed by atoms with Crippen LogP contribution >= 0.6 is 0 Å². The van der Waals surface area contributed by atoms with Crippen LogP contribution in [0.1, 0.15) is 41.6 Å². The fraction of sp³-hybridized carbons (Fsp3) is 0.500. The molecule has 1 atom stereocenters. The van der Waals surface area contributed by atoms with Crippen LogP contribution in [-0.4, -0.2) is 51.8 Å². The lowest BCUT2D eigenvalue weighted by Gasteiger charge is -2.34. The molecule has 21 heavy (non-hydrogen) atoms. The van der Waals surface area contributed by atoms with Gasteiger partial charge in [-0.25, -0.2) is 0 Å². The van der Waals surface area contributed by atoms with Gasteiger partial charge in [-0.2, -0.15) is 0 Å². The molecule has 2 rings (SSSR count). The van der Waals surface area contributed by atoms with Crippen molar-refractivity contribution in [1.82, 2.24) is 9.88 Å². The lowest BCUT2D eigenvalue weighted by Crippen LogP contribution is -2.45. The average molecular weight is 288 g/mol. The highest BCUT2D eigenvalue weighted by molar-refractivity contribution is 5.94. The topological polar surface area (TPSA) is 73.7 Å². The Labute approximate surface area is 124 Å². The van der Waals surface area contributed by atoms with Gasteiger partial charge in [0, 0.05) is 30.9 Å². The number of amides is 1. The molecular weight excluding hydrogens is 268 g/mol. The van der Waals surface area contributed by atoms with E-state index in [0.717, 1.165) is 19.3 Å². The Morgan fingerprint density at radius 1 is 1.38 bits per heavy atom. The summed E-state index contributed by atoms with van der Waals surface area (Å²) in [4.78, 5) is 18.3. The predicted molar refractivity (Wildman–Crippen MR) is 78.6 cm³/mol. The number of hydrogen-bond acceptors (Lipinski definition) is 4. The monoisotopic (exact) mass is 288 g/mol. The Balaban J connectivity index is 2.15. The number of pyridine rings is 1. The molecule has 0 aromatic carbocycles. The zero-order valence-electron chi connectivity index (χ0n) is 12.0. The van der Waals surface area contributed by atoms with Crippen molar-refractivity contribution in [1.29, 1.82) is 0 Å².